The van der Waals surface area contributed by atoms with Gasteiger partial charge in [0.25, 0.3) is 0 Å². The van der Waals surface area contributed by atoms with Crippen LogP contribution in [0.25, 0.3) is 0 Å². The summed E-state index contributed by atoms with van der Waals surface area (Å²) in [5.41, 5.74) is 7.22. The van der Waals surface area contributed by atoms with Crippen LogP contribution in [-0.2, 0) is 28.9 Å². The first-order valence-electron chi connectivity index (χ1n) is 6.74. The Labute approximate surface area is 125 Å². The van der Waals surface area contributed by atoms with Crippen molar-refractivity contribution in [2.45, 2.75) is 31.8 Å². The molecule has 3 N–H and O–H groups in total. The summed E-state index contributed by atoms with van der Waals surface area (Å²) in [4.78, 5) is 0. The van der Waals surface area contributed by atoms with Crippen LogP contribution in [0.4, 0.5) is 0 Å². The molecule has 0 spiro atoms. The zero-order chi connectivity index (χ0) is 15.3. The summed E-state index contributed by atoms with van der Waals surface area (Å²) in [7, 11) is -3.42. The van der Waals surface area contributed by atoms with Crippen molar-refractivity contribution in [1.82, 2.24) is 14.5 Å². The lowest BCUT2D eigenvalue weighted by atomic mass is 10.1. The van der Waals surface area contributed by atoms with Crippen LogP contribution in [0.1, 0.15) is 18.1 Å². The number of hydrogen-bond donors (Lipinski definition) is 2. The predicted octanol–water partition coefficient (Wildman–Crippen LogP) is 0.850. The Morgan fingerprint density at radius 1 is 1.29 bits per heavy atom. The van der Waals surface area contributed by atoms with Crippen LogP contribution < -0.4 is 10.5 Å². The number of aromatic nitrogens is 2. The molecule has 1 atom stereocenters. The molecular weight excluding hydrogens is 288 g/mol. The second-order valence-electron chi connectivity index (χ2n) is 4.98. The molecule has 0 saturated carbocycles. The summed E-state index contributed by atoms with van der Waals surface area (Å²) in [5, 5.41) is 4.06. The second kappa shape index (κ2) is 6.84. The van der Waals surface area contributed by atoms with Crippen molar-refractivity contribution in [3.8, 4) is 0 Å². The molecule has 2 rings (SSSR count). The molecule has 2 aromatic rings. The highest BCUT2D eigenvalue weighted by Gasteiger charge is 2.17. The third-order valence-corrected chi connectivity index (χ3v) is 4.54. The highest BCUT2D eigenvalue weighted by molar-refractivity contribution is 7.88. The van der Waals surface area contributed by atoms with Crippen molar-refractivity contribution in [3.63, 3.8) is 0 Å². The first-order chi connectivity index (χ1) is 10.00. The lowest BCUT2D eigenvalue weighted by molar-refractivity contribution is 0.493. The molecular formula is C14H20N4O2S. The Bertz CT molecular complexity index is 668. The van der Waals surface area contributed by atoms with Gasteiger partial charge in [-0.3, -0.25) is 4.68 Å². The molecule has 0 saturated heterocycles. The summed E-state index contributed by atoms with van der Waals surface area (Å²) in [6.45, 7) is 2.63. The van der Waals surface area contributed by atoms with E-state index in [1.807, 2.05) is 25.1 Å². The van der Waals surface area contributed by atoms with E-state index in [-0.39, 0.29) is 11.8 Å². The van der Waals surface area contributed by atoms with E-state index in [0.29, 0.717) is 13.1 Å². The summed E-state index contributed by atoms with van der Waals surface area (Å²) in [6, 6.07) is 8.87. The molecule has 1 unspecified atom stereocenters. The maximum Gasteiger partial charge on any atom is 0.216 e. The van der Waals surface area contributed by atoms with E-state index in [9.17, 15) is 8.42 Å². The van der Waals surface area contributed by atoms with E-state index in [1.165, 1.54) is 0 Å². The Morgan fingerprint density at radius 2 is 2.00 bits per heavy atom. The molecule has 1 aromatic carbocycles. The molecule has 0 radical (unpaired) electrons. The fourth-order valence-electron chi connectivity index (χ4n) is 2.18. The van der Waals surface area contributed by atoms with Gasteiger partial charge >= 0.3 is 0 Å². The van der Waals surface area contributed by atoms with E-state index in [2.05, 4.69) is 9.82 Å². The van der Waals surface area contributed by atoms with E-state index in [4.69, 9.17) is 5.73 Å². The minimum atomic E-state index is -3.42. The number of rotatable bonds is 7. The van der Waals surface area contributed by atoms with Crippen LogP contribution in [0.15, 0.2) is 42.7 Å². The lowest BCUT2D eigenvalue weighted by Gasteiger charge is -2.15. The van der Waals surface area contributed by atoms with Gasteiger partial charge in [-0.05, 0) is 24.1 Å². The van der Waals surface area contributed by atoms with E-state index in [1.54, 1.807) is 29.2 Å². The Hall–Kier alpha value is -1.70. The van der Waals surface area contributed by atoms with Gasteiger partial charge in [-0.25, -0.2) is 13.1 Å². The normalized spacial score (nSPS) is 13.2. The molecule has 7 heteroatoms. The SMILES string of the molecule is CC(Cn1cccn1)NS(=O)(=O)Cc1ccccc1CN. The van der Waals surface area contributed by atoms with E-state index < -0.39 is 10.0 Å². The first-order valence-corrected chi connectivity index (χ1v) is 8.39. The van der Waals surface area contributed by atoms with Gasteiger partial charge in [0.05, 0.1) is 12.3 Å². The highest BCUT2D eigenvalue weighted by Crippen LogP contribution is 2.11. The van der Waals surface area contributed by atoms with Crippen molar-refractivity contribution in [2.24, 2.45) is 5.73 Å². The molecule has 0 bridgehead atoms. The number of nitrogens with one attached hydrogen (secondary N) is 1. The third-order valence-electron chi connectivity index (χ3n) is 3.08. The van der Waals surface area contributed by atoms with Crippen LogP contribution in [-0.4, -0.2) is 24.2 Å². The second-order valence-corrected chi connectivity index (χ2v) is 6.73. The average Bonchev–Trinajstić information content (AvgIpc) is 2.90. The minimum absolute atomic E-state index is 0.0657. The van der Waals surface area contributed by atoms with Gasteiger partial charge in [-0.2, -0.15) is 5.10 Å². The Morgan fingerprint density at radius 3 is 2.62 bits per heavy atom. The number of sulfonamides is 1. The fraction of sp³-hybridized carbons (Fsp3) is 0.357. The molecule has 114 valence electrons. The van der Waals surface area contributed by atoms with Crippen molar-refractivity contribution in [2.75, 3.05) is 0 Å². The molecule has 21 heavy (non-hydrogen) atoms. The lowest BCUT2D eigenvalue weighted by Crippen LogP contribution is -2.36. The molecule has 0 aliphatic heterocycles. The largest absolute Gasteiger partial charge is 0.326 e. The molecule has 0 aliphatic carbocycles. The molecule has 1 aromatic heterocycles. The van der Waals surface area contributed by atoms with Crippen LogP contribution >= 0.6 is 0 Å². The maximum absolute atomic E-state index is 12.2. The summed E-state index contributed by atoms with van der Waals surface area (Å²) in [5.74, 6) is -0.0657. The molecule has 0 amide bonds. The predicted molar refractivity (Wildman–Crippen MR) is 81.8 cm³/mol. The van der Waals surface area contributed by atoms with Crippen LogP contribution in [0.5, 0.6) is 0 Å². The van der Waals surface area contributed by atoms with Crippen molar-refractivity contribution >= 4 is 10.0 Å². The monoisotopic (exact) mass is 308 g/mol. The first kappa shape index (κ1) is 15.7. The van der Waals surface area contributed by atoms with Gasteiger partial charge in [-0.1, -0.05) is 24.3 Å². The molecule has 0 aliphatic rings. The summed E-state index contributed by atoms with van der Waals surface area (Å²) >= 11 is 0. The Balaban J connectivity index is 2.01. The van der Waals surface area contributed by atoms with Crippen molar-refractivity contribution in [3.05, 3.63) is 53.9 Å². The minimum Gasteiger partial charge on any atom is -0.326 e. The number of benzene rings is 1. The van der Waals surface area contributed by atoms with Gasteiger partial charge in [0.2, 0.25) is 10.0 Å². The number of nitrogens with zero attached hydrogens (tertiary/aromatic N) is 2. The zero-order valence-electron chi connectivity index (χ0n) is 11.9. The molecule has 1 heterocycles. The van der Waals surface area contributed by atoms with Crippen LogP contribution in [0.3, 0.4) is 0 Å². The quantitative estimate of drug-likeness (QED) is 0.793. The topological polar surface area (TPSA) is 90.0 Å². The maximum atomic E-state index is 12.2. The van der Waals surface area contributed by atoms with Gasteiger partial charge in [0.1, 0.15) is 0 Å². The zero-order valence-corrected chi connectivity index (χ0v) is 12.8. The van der Waals surface area contributed by atoms with E-state index >= 15 is 0 Å². The van der Waals surface area contributed by atoms with Crippen molar-refractivity contribution < 1.29 is 8.42 Å². The smallest absolute Gasteiger partial charge is 0.216 e. The van der Waals surface area contributed by atoms with Crippen molar-refractivity contribution in [1.29, 1.82) is 0 Å². The van der Waals surface area contributed by atoms with Crippen LogP contribution in [0.2, 0.25) is 0 Å². The fourth-order valence-corrected chi connectivity index (χ4v) is 3.64. The van der Waals surface area contributed by atoms with Gasteiger partial charge < -0.3 is 5.73 Å². The molecule has 0 fully saturated rings. The number of nitrogens with two attached hydrogens (primary N) is 1. The summed E-state index contributed by atoms with van der Waals surface area (Å²) in [6.07, 6.45) is 3.47. The summed E-state index contributed by atoms with van der Waals surface area (Å²) < 4.78 is 28.8. The van der Waals surface area contributed by atoms with Gasteiger partial charge in [0, 0.05) is 25.0 Å². The van der Waals surface area contributed by atoms with E-state index in [0.717, 1.165) is 11.1 Å². The standard InChI is InChI=1S/C14H20N4O2S/c1-12(10-18-8-4-7-16-18)17-21(19,20)11-14-6-3-2-5-13(14)9-15/h2-8,12,17H,9-11,15H2,1H3. The van der Waals surface area contributed by atoms with Crippen LogP contribution in [0, 0.1) is 0 Å². The third kappa shape index (κ3) is 4.66. The van der Waals surface area contributed by atoms with Gasteiger partial charge in [-0.15, -0.1) is 0 Å². The highest BCUT2D eigenvalue weighted by atomic mass is 32.2. The average molecular weight is 308 g/mol. The Kier molecular flexibility index (Phi) is 5.11. The number of hydrogen-bond acceptors (Lipinski definition) is 4. The molecule has 6 nitrogen and oxygen atoms in total. The van der Waals surface area contributed by atoms with Gasteiger partial charge in [0.15, 0.2) is 0 Å².